The molecule has 1 atom stereocenters. The molecule has 1 unspecified atom stereocenters. The van der Waals surface area contributed by atoms with Crippen LogP contribution in [0.15, 0.2) is 36.7 Å². The number of hydrogen-bond donors (Lipinski definition) is 0. The topological polar surface area (TPSA) is 85.6 Å². The van der Waals surface area contributed by atoms with Gasteiger partial charge in [0.15, 0.2) is 0 Å². The first-order chi connectivity index (χ1) is 17.6. The first-order valence-electron chi connectivity index (χ1n) is 12.7. The fourth-order valence-electron chi connectivity index (χ4n) is 5.18. The van der Waals surface area contributed by atoms with Crippen LogP contribution in [0.4, 0.5) is 0 Å². The molecule has 0 spiro atoms. The van der Waals surface area contributed by atoms with Crippen LogP contribution in [-0.4, -0.2) is 81.9 Å². The van der Waals surface area contributed by atoms with Crippen molar-refractivity contribution in [2.45, 2.75) is 45.1 Å². The lowest BCUT2D eigenvalue weighted by Crippen LogP contribution is -2.38. The molecule has 190 valence electrons. The SMILES string of the molecule is CCN(CC)C1CCN(C(=O)c2cnn(-c3nccc(-c4cc(OC)ccc4OC)n3)c2C2CC2)C1. The number of carbonyl (C=O) groups is 1. The molecule has 3 heterocycles. The van der Waals surface area contributed by atoms with Crippen molar-refractivity contribution < 1.29 is 14.3 Å². The van der Waals surface area contributed by atoms with E-state index >= 15 is 0 Å². The van der Waals surface area contributed by atoms with Crippen LogP contribution in [0.5, 0.6) is 11.5 Å². The van der Waals surface area contributed by atoms with Crippen LogP contribution >= 0.6 is 0 Å². The maximum atomic E-state index is 13.6. The summed E-state index contributed by atoms with van der Waals surface area (Å²) < 4.78 is 12.7. The van der Waals surface area contributed by atoms with Gasteiger partial charge in [0.25, 0.3) is 11.9 Å². The number of methoxy groups -OCH3 is 2. The van der Waals surface area contributed by atoms with Crippen molar-refractivity contribution in [3.8, 4) is 28.7 Å². The summed E-state index contributed by atoms with van der Waals surface area (Å²) in [5, 5.41) is 4.62. The van der Waals surface area contributed by atoms with Gasteiger partial charge in [-0.15, -0.1) is 0 Å². The molecule has 0 radical (unpaired) electrons. The number of likely N-dealkylation sites (N-methyl/N-ethyl adjacent to an activating group) is 1. The molecule has 2 aromatic heterocycles. The first kappa shape index (κ1) is 24.2. The monoisotopic (exact) mass is 490 g/mol. The second-order valence-corrected chi connectivity index (χ2v) is 9.35. The van der Waals surface area contributed by atoms with Crippen LogP contribution in [0.1, 0.15) is 55.1 Å². The Morgan fingerprint density at radius 3 is 2.61 bits per heavy atom. The average molecular weight is 491 g/mol. The predicted octanol–water partition coefficient (Wildman–Crippen LogP) is 3.78. The van der Waals surface area contributed by atoms with Crippen LogP contribution in [-0.2, 0) is 0 Å². The van der Waals surface area contributed by atoms with Crippen LogP contribution in [0.3, 0.4) is 0 Å². The van der Waals surface area contributed by atoms with E-state index < -0.39 is 0 Å². The van der Waals surface area contributed by atoms with Crippen molar-refractivity contribution in [1.82, 2.24) is 29.5 Å². The van der Waals surface area contributed by atoms with Gasteiger partial charge in [-0.1, -0.05) is 13.8 Å². The number of hydrogen-bond acceptors (Lipinski definition) is 7. The molecule has 1 aliphatic heterocycles. The highest BCUT2D eigenvalue weighted by molar-refractivity contribution is 5.95. The van der Waals surface area contributed by atoms with E-state index in [2.05, 4.69) is 28.8 Å². The third-order valence-corrected chi connectivity index (χ3v) is 7.30. The number of carbonyl (C=O) groups excluding carboxylic acids is 1. The van der Waals surface area contributed by atoms with Crippen molar-refractivity contribution in [1.29, 1.82) is 0 Å². The molecule has 3 aromatic rings. The maximum Gasteiger partial charge on any atom is 0.257 e. The zero-order valence-corrected chi connectivity index (χ0v) is 21.5. The molecule has 1 aromatic carbocycles. The van der Waals surface area contributed by atoms with Crippen LogP contribution in [0.25, 0.3) is 17.2 Å². The second kappa shape index (κ2) is 10.3. The highest BCUT2D eigenvalue weighted by atomic mass is 16.5. The number of benzene rings is 1. The Balaban J connectivity index is 1.47. The van der Waals surface area contributed by atoms with Gasteiger partial charge in [-0.2, -0.15) is 5.10 Å². The number of likely N-dealkylation sites (tertiary alicyclic amines) is 1. The Bertz CT molecular complexity index is 1230. The van der Waals surface area contributed by atoms with Gasteiger partial charge in [-0.3, -0.25) is 9.69 Å². The summed E-state index contributed by atoms with van der Waals surface area (Å²) in [6.07, 6.45) is 6.50. The van der Waals surface area contributed by atoms with E-state index in [1.54, 1.807) is 31.3 Å². The number of aromatic nitrogens is 4. The second-order valence-electron chi connectivity index (χ2n) is 9.35. The van der Waals surface area contributed by atoms with Gasteiger partial charge < -0.3 is 14.4 Å². The van der Waals surface area contributed by atoms with Crippen LogP contribution in [0.2, 0.25) is 0 Å². The smallest absolute Gasteiger partial charge is 0.257 e. The Morgan fingerprint density at radius 1 is 1.11 bits per heavy atom. The van der Waals surface area contributed by atoms with E-state index in [0.29, 0.717) is 40.7 Å². The van der Waals surface area contributed by atoms with E-state index in [9.17, 15) is 4.79 Å². The van der Waals surface area contributed by atoms with Crippen molar-refractivity contribution in [2.75, 3.05) is 40.4 Å². The Labute approximate surface area is 212 Å². The largest absolute Gasteiger partial charge is 0.497 e. The molecule has 9 heteroatoms. The number of amides is 1. The maximum absolute atomic E-state index is 13.6. The van der Waals surface area contributed by atoms with Crippen molar-refractivity contribution in [3.05, 3.63) is 47.9 Å². The lowest BCUT2D eigenvalue weighted by molar-refractivity contribution is 0.0776. The quantitative estimate of drug-likeness (QED) is 0.451. The van der Waals surface area contributed by atoms with E-state index in [1.807, 2.05) is 29.2 Å². The highest BCUT2D eigenvalue weighted by Gasteiger charge is 2.37. The normalized spacial score (nSPS) is 17.6. The molecule has 2 aliphatic rings. The van der Waals surface area contributed by atoms with Crippen molar-refractivity contribution in [2.24, 2.45) is 0 Å². The van der Waals surface area contributed by atoms with E-state index in [0.717, 1.165) is 56.7 Å². The van der Waals surface area contributed by atoms with E-state index in [-0.39, 0.29) is 5.91 Å². The third kappa shape index (κ3) is 4.55. The number of nitrogens with zero attached hydrogens (tertiary/aromatic N) is 6. The van der Waals surface area contributed by atoms with Gasteiger partial charge in [-0.25, -0.2) is 14.6 Å². The minimum Gasteiger partial charge on any atom is -0.497 e. The van der Waals surface area contributed by atoms with Gasteiger partial charge in [0.2, 0.25) is 0 Å². The molecule has 2 fully saturated rings. The van der Waals surface area contributed by atoms with Gasteiger partial charge in [-0.05, 0) is 56.6 Å². The average Bonchev–Trinajstić information content (AvgIpc) is 3.47. The Morgan fingerprint density at radius 2 is 1.92 bits per heavy atom. The molecular formula is C27H34N6O3. The predicted molar refractivity (Wildman–Crippen MR) is 137 cm³/mol. The lowest BCUT2D eigenvalue weighted by atomic mass is 10.1. The molecule has 36 heavy (non-hydrogen) atoms. The fraction of sp³-hybridized carbons (Fsp3) is 0.481. The van der Waals surface area contributed by atoms with Gasteiger partial charge >= 0.3 is 0 Å². The molecule has 0 N–H and O–H groups in total. The molecule has 1 saturated heterocycles. The zero-order chi connectivity index (χ0) is 25.2. The van der Waals surface area contributed by atoms with Gasteiger partial charge in [0.05, 0.1) is 37.4 Å². The fourth-order valence-corrected chi connectivity index (χ4v) is 5.18. The molecule has 1 amide bonds. The summed E-state index contributed by atoms with van der Waals surface area (Å²) in [7, 11) is 3.26. The zero-order valence-electron chi connectivity index (χ0n) is 21.5. The van der Waals surface area contributed by atoms with Crippen LogP contribution < -0.4 is 9.47 Å². The lowest BCUT2D eigenvalue weighted by Gasteiger charge is -2.26. The molecule has 5 rings (SSSR count). The summed E-state index contributed by atoms with van der Waals surface area (Å²) in [5.41, 5.74) is 3.09. The number of ether oxygens (including phenoxy) is 2. The summed E-state index contributed by atoms with van der Waals surface area (Å²) >= 11 is 0. The molecule has 1 saturated carbocycles. The van der Waals surface area contributed by atoms with E-state index in [1.165, 1.54) is 0 Å². The minimum atomic E-state index is 0.0587. The molecule has 0 bridgehead atoms. The summed E-state index contributed by atoms with van der Waals surface area (Å²) in [5.74, 6) is 2.21. The molecular weight excluding hydrogens is 456 g/mol. The van der Waals surface area contributed by atoms with Crippen LogP contribution in [0, 0.1) is 0 Å². The summed E-state index contributed by atoms with van der Waals surface area (Å²) in [4.78, 5) is 27.4. The molecule has 1 aliphatic carbocycles. The summed E-state index contributed by atoms with van der Waals surface area (Å²) in [6, 6.07) is 7.86. The Hall–Kier alpha value is -3.46. The van der Waals surface area contributed by atoms with E-state index in [4.69, 9.17) is 14.5 Å². The molecule has 9 nitrogen and oxygen atoms in total. The van der Waals surface area contributed by atoms with Crippen molar-refractivity contribution in [3.63, 3.8) is 0 Å². The standard InChI is InChI=1S/C27H34N6O3/c1-5-31(6-2)19-12-14-32(17-19)26(34)22-16-29-33(25(22)18-7-8-18)27-28-13-11-23(30-27)21-15-20(35-3)9-10-24(21)36-4/h9-11,13,15-16,18-19H,5-8,12,14,17H2,1-4H3. The number of rotatable bonds is 9. The minimum absolute atomic E-state index is 0.0587. The third-order valence-electron chi connectivity index (χ3n) is 7.30. The van der Waals surface area contributed by atoms with Gasteiger partial charge in [0.1, 0.15) is 11.5 Å². The Kier molecular flexibility index (Phi) is 6.91. The van der Waals surface area contributed by atoms with Gasteiger partial charge in [0, 0.05) is 36.8 Å². The first-order valence-corrected chi connectivity index (χ1v) is 12.7. The summed E-state index contributed by atoms with van der Waals surface area (Å²) in [6.45, 7) is 7.89. The van der Waals surface area contributed by atoms with Crippen molar-refractivity contribution >= 4 is 5.91 Å². The highest BCUT2D eigenvalue weighted by Crippen LogP contribution is 2.43.